The Hall–Kier alpha value is -2.72. The zero-order valence-corrected chi connectivity index (χ0v) is 27.8. The highest BCUT2D eigenvalue weighted by Crippen LogP contribution is 2.32. The molecule has 0 aliphatic carbocycles. The van der Waals surface area contributed by atoms with Crippen LogP contribution in [-0.2, 0) is 20.2 Å². The lowest BCUT2D eigenvalue weighted by molar-refractivity contribution is -0.136. The quantitative estimate of drug-likeness (QED) is 0.0976. The van der Waals surface area contributed by atoms with E-state index in [-0.39, 0.29) is 51.4 Å². The molecule has 0 aromatic carbocycles. The fourth-order valence-corrected chi connectivity index (χ4v) is 4.17. The van der Waals surface area contributed by atoms with Gasteiger partial charge in [0, 0.05) is 37.6 Å². The molecule has 0 saturated heterocycles. The molecule has 2 aromatic rings. The summed E-state index contributed by atoms with van der Waals surface area (Å²) in [5, 5.41) is -9.78. The highest BCUT2D eigenvalue weighted by Gasteiger charge is 2.52. The van der Waals surface area contributed by atoms with Crippen molar-refractivity contribution in [2.45, 2.75) is 112 Å². The summed E-state index contributed by atoms with van der Waals surface area (Å²) in [5.74, 6) is 0. The molecule has 2 aromatic heterocycles. The summed E-state index contributed by atoms with van der Waals surface area (Å²) >= 11 is 0. The Morgan fingerprint density at radius 2 is 0.720 bits per heavy atom. The van der Waals surface area contributed by atoms with E-state index in [1.165, 1.54) is 0 Å². The Morgan fingerprint density at radius 1 is 0.460 bits per heavy atom. The Labute approximate surface area is 282 Å². The molecule has 0 fully saturated rings. The molecule has 0 aliphatic rings. The minimum atomic E-state index is -5.83. The molecule has 2 N–H and O–H groups in total. The van der Waals surface area contributed by atoms with Gasteiger partial charge in [0.15, 0.2) is 12.3 Å². The molecule has 0 bridgehead atoms. The number of alkyl halides is 12. The molecule has 0 radical (unpaired) electrons. The van der Waals surface area contributed by atoms with E-state index in [1.54, 1.807) is 24.8 Å². The van der Waals surface area contributed by atoms with Gasteiger partial charge in [0.1, 0.15) is 0 Å². The maximum absolute atomic E-state index is 12.9. The first-order chi connectivity index (χ1) is 22.8. The van der Waals surface area contributed by atoms with Crippen LogP contribution in [0.3, 0.4) is 0 Å². The van der Waals surface area contributed by atoms with Crippen LogP contribution >= 0.6 is 0 Å². The van der Waals surface area contributed by atoms with E-state index in [1.807, 2.05) is 36.4 Å². The first-order valence-corrected chi connectivity index (χ1v) is 17.4. The van der Waals surface area contributed by atoms with Gasteiger partial charge in [-0.05, 0) is 49.9 Å². The van der Waals surface area contributed by atoms with Crippen molar-refractivity contribution < 1.29 is 78.6 Å². The average molecular weight is 791 g/mol. The van der Waals surface area contributed by atoms with E-state index in [4.69, 9.17) is 9.11 Å². The number of nitrogens with zero attached hydrogens (tertiary/aromatic N) is 2. The Balaban J connectivity index is 0. The number of halogens is 12. The van der Waals surface area contributed by atoms with Crippen molar-refractivity contribution in [1.29, 1.82) is 0 Å². The highest BCUT2D eigenvalue weighted by molar-refractivity contribution is 7.87. The number of hydrogen-bond donors (Lipinski definition) is 2. The van der Waals surface area contributed by atoms with Crippen LogP contribution in [-0.4, -0.2) is 71.1 Å². The number of unbranched alkanes of at least 4 members (excludes halogenated alkanes) is 6. The van der Waals surface area contributed by atoms with Gasteiger partial charge in [-0.3, -0.25) is 19.1 Å². The second kappa shape index (κ2) is 23.7. The highest BCUT2D eigenvalue weighted by atomic mass is 32.2. The lowest BCUT2D eigenvalue weighted by Crippen LogP contribution is -2.38. The summed E-state index contributed by atoms with van der Waals surface area (Å²) in [4.78, 5) is 7.57. The first kappa shape index (κ1) is 49.4. The lowest BCUT2D eigenvalue weighted by Gasteiger charge is -2.17. The number of rotatable bonds is 16. The van der Waals surface area contributed by atoms with Crippen LogP contribution in [0.2, 0.25) is 0 Å². The maximum Gasteiger partial charge on any atom is 0.400 e. The minimum Gasteiger partial charge on any atom is -0.281 e. The van der Waals surface area contributed by atoms with Crippen molar-refractivity contribution >= 4 is 20.2 Å². The Bertz CT molecular complexity index is 1180. The van der Waals surface area contributed by atoms with Gasteiger partial charge in [0.2, 0.25) is 0 Å². The van der Waals surface area contributed by atoms with Crippen LogP contribution in [0.5, 0.6) is 0 Å². The van der Waals surface area contributed by atoms with Crippen LogP contribution in [0.1, 0.15) is 77.0 Å². The van der Waals surface area contributed by atoms with Crippen LogP contribution in [0.4, 0.5) is 52.7 Å². The molecule has 0 amide bonds. The van der Waals surface area contributed by atoms with Crippen LogP contribution in [0, 0.1) is 0 Å². The molecule has 2 rings (SSSR count). The lowest BCUT2D eigenvalue weighted by atomic mass is 10.1. The topological polar surface area (TPSA) is 135 Å². The van der Waals surface area contributed by atoms with Crippen LogP contribution in [0.15, 0.2) is 61.2 Å². The van der Waals surface area contributed by atoms with Gasteiger partial charge in [0.05, 0.1) is 0 Å². The molecule has 2 atom stereocenters. The maximum atomic E-state index is 12.9. The average Bonchev–Trinajstić information content (AvgIpc) is 3.01. The third-order valence-electron chi connectivity index (χ3n) is 5.89. The Morgan fingerprint density at radius 3 is 0.900 bits per heavy atom. The number of hydrogen-bond acceptors (Lipinski definition) is 6. The zero-order chi connectivity index (χ0) is 39.1. The predicted molar refractivity (Wildman–Crippen MR) is 159 cm³/mol. The summed E-state index contributed by atoms with van der Waals surface area (Å²) in [6.45, 7) is 0. The number of pyridine rings is 2. The predicted octanol–water partition coefficient (Wildman–Crippen LogP) is 9.58. The molecule has 2 unspecified atom stereocenters. The van der Waals surface area contributed by atoms with Gasteiger partial charge in [-0.2, -0.15) is 60.7 Å². The molecule has 0 spiro atoms. The second-order valence-corrected chi connectivity index (χ2v) is 13.2. The van der Waals surface area contributed by atoms with Gasteiger partial charge in [-0.1, -0.05) is 50.7 Å². The normalized spacial score (nSPS) is 13.7. The van der Waals surface area contributed by atoms with Gasteiger partial charge in [0.25, 0.3) is 0 Å². The molecular formula is C28H38F12N2O6S2. The summed E-state index contributed by atoms with van der Waals surface area (Å²) in [7, 11) is -11.7. The minimum absolute atomic E-state index is 0.0675. The second-order valence-electron chi connectivity index (χ2n) is 10.2. The van der Waals surface area contributed by atoms with Gasteiger partial charge in [-0.15, -0.1) is 0 Å². The first-order valence-electron chi connectivity index (χ1n) is 14.6. The van der Waals surface area contributed by atoms with Crippen molar-refractivity contribution in [2.75, 3.05) is 0 Å². The van der Waals surface area contributed by atoms with E-state index < -0.39 is 81.1 Å². The fraction of sp³-hybridized carbons (Fsp3) is 0.643. The summed E-state index contributed by atoms with van der Waals surface area (Å²) in [6, 6.07) is 11.4. The van der Waals surface area contributed by atoms with Gasteiger partial charge >= 0.3 is 43.1 Å². The summed E-state index contributed by atoms with van der Waals surface area (Å²) < 4.78 is 204. The van der Waals surface area contributed by atoms with E-state index in [9.17, 15) is 69.5 Å². The summed E-state index contributed by atoms with van der Waals surface area (Å²) in [5.41, 5.74) is 0. The van der Waals surface area contributed by atoms with Crippen molar-refractivity contribution in [3.63, 3.8) is 0 Å². The standard InChI is InChI=1S/2C9H14F6O3S.2C5H5N/c2*10-7(9(14,15)19(16,17)18)5-3-1-2-4-6-8(11,12)13;2*1-2-4-6-5-3-1/h2*7H,1-6H2,(H,16,17,18);2*1-5H. The molecule has 292 valence electrons. The largest absolute Gasteiger partial charge is 0.400 e. The molecule has 22 heteroatoms. The van der Waals surface area contributed by atoms with E-state index in [0.29, 0.717) is 0 Å². The molecule has 2 heterocycles. The van der Waals surface area contributed by atoms with Crippen molar-refractivity contribution in [3.8, 4) is 0 Å². The van der Waals surface area contributed by atoms with Gasteiger partial charge in [-0.25, -0.2) is 8.78 Å². The SMILES string of the molecule is O=S(=O)(O)C(F)(F)C(F)CCCCCCC(F)(F)F.O=S(=O)(O)C(F)(F)C(F)CCCCCCC(F)(F)F.c1ccncc1.c1ccncc1. The molecule has 50 heavy (non-hydrogen) atoms. The van der Waals surface area contributed by atoms with Gasteiger partial charge < -0.3 is 0 Å². The van der Waals surface area contributed by atoms with E-state index >= 15 is 0 Å². The van der Waals surface area contributed by atoms with Crippen molar-refractivity contribution in [2.24, 2.45) is 0 Å². The van der Waals surface area contributed by atoms with E-state index in [0.717, 1.165) is 0 Å². The van der Waals surface area contributed by atoms with Crippen LogP contribution < -0.4 is 0 Å². The molecule has 0 saturated carbocycles. The molecular weight excluding hydrogens is 752 g/mol. The molecule has 8 nitrogen and oxygen atoms in total. The Kier molecular flexibility index (Phi) is 23.4. The monoisotopic (exact) mass is 790 g/mol. The van der Waals surface area contributed by atoms with Crippen molar-refractivity contribution in [3.05, 3.63) is 61.2 Å². The van der Waals surface area contributed by atoms with E-state index in [2.05, 4.69) is 9.97 Å². The molecule has 0 aliphatic heterocycles. The number of aromatic nitrogens is 2. The van der Waals surface area contributed by atoms with Crippen LogP contribution in [0.25, 0.3) is 0 Å². The smallest absolute Gasteiger partial charge is 0.281 e. The third-order valence-corrected chi connectivity index (χ3v) is 7.77. The summed E-state index contributed by atoms with van der Waals surface area (Å²) in [6.07, 6.45) is -11.9. The fourth-order valence-electron chi connectivity index (χ4n) is 3.29. The zero-order valence-electron chi connectivity index (χ0n) is 26.2. The third kappa shape index (κ3) is 25.3. The van der Waals surface area contributed by atoms with Crippen molar-refractivity contribution in [1.82, 2.24) is 9.97 Å².